The lowest BCUT2D eigenvalue weighted by Crippen LogP contribution is -2.40. The summed E-state index contributed by atoms with van der Waals surface area (Å²) >= 11 is 0. The fourth-order valence-electron chi connectivity index (χ4n) is 3.13. The van der Waals surface area contributed by atoms with E-state index in [0.29, 0.717) is 12.1 Å². The van der Waals surface area contributed by atoms with E-state index in [9.17, 15) is 9.59 Å². The highest BCUT2D eigenvalue weighted by molar-refractivity contribution is 5.96. The zero-order valence-corrected chi connectivity index (χ0v) is 13.1. The van der Waals surface area contributed by atoms with Crippen molar-refractivity contribution in [2.24, 2.45) is 0 Å². The zero-order valence-electron chi connectivity index (χ0n) is 13.1. The molecule has 0 aromatic heterocycles. The number of ketones is 1. The van der Waals surface area contributed by atoms with Crippen LogP contribution in [-0.4, -0.2) is 30.4 Å². The highest BCUT2D eigenvalue weighted by Gasteiger charge is 2.32. The van der Waals surface area contributed by atoms with E-state index < -0.39 is 0 Å². The van der Waals surface area contributed by atoms with E-state index in [0.717, 1.165) is 12.0 Å². The van der Waals surface area contributed by atoms with Gasteiger partial charge < -0.3 is 9.64 Å². The van der Waals surface area contributed by atoms with Crippen LogP contribution in [0.1, 0.15) is 33.9 Å². The zero-order chi connectivity index (χ0) is 16.2. The smallest absolute Gasteiger partial charge is 0.410 e. The molecule has 0 N–H and O–H groups in total. The van der Waals surface area contributed by atoms with Crippen molar-refractivity contribution in [2.45, 2.75) is 18.9 Å². The van der Waals surface area contributed by atoms with Crippen LogP contribution in [0.3, 0.4) is 0 Å². The van der Waals surface area contributed by atoms with Gasteiger partial charge in [0, 0.05) is 18.5 Å². The van der Waals surface area contributed by atoms with Gasteiger partial charge in [0.1, 0.15) is 0 Å². The standard InChI is InChI=1S/C19H19NO3/c1-23-19(22)20-12-11-14-7-5-6-10-16(14)17(20)13-18(21)15-8-3-2-4-9-15/h2-10,17H,11-13H2,1H3. The summed E-state index contributed by atoms with van der Waals surface area (Å²) in [6, 6.07) is 16.9. The lowest BCUT2D eigenvalue weighted by molar-refractivity contribution is 0.0837. The summed E-state index contributed by atoms with van der Waals surface area (Å²) in [5.41, 5.74) is 2.90. The first-order chi connectivity index (χ1) is 11.2. The molecule has 4 heteroatoms. The Kier molecular flexibility index (Phi) is 4.42. The van der Waals surface area contributed by atoms with Gasteiger partial charge >= 0.3 is 6.09 Å². The normalized spacial score (nSPS) is 16.6. The van der Waals surface area contributed by atoms with Crippen molar-refractivity contribution >= 4 is 11.9 Å². The molecule has 1 atom stereocenters. The van der Waals surface area contributed by atoms with Gasteiger partial charge in [0.2, 0.25) is 0 Å². The molecule has 0 bridgehead atoms. The number of Topliss-reactive ketones (excluding diaryl/α,β-unsaturated/α-hetero) is 1. The Bertz CT molecular complexity index is 712. The van der Waals surface area contributed by atoms with Gasteiger partial charge in [0.05, 0.1) is 13.2 Å². The largest absolute Gasteiger partial charge is 0.453 e. The number of methoxy groups -OCH3 is 1. The highest BCUT2D eigenvalue weighted by Crippen LogP contribution is 2.33. The summed E-state index contributed by atoms with van der Waals surface area (Å²) < 4.78 is 4.90. The van der Waals surface area contributed by atoms with Gasteiger partial charge in [-0.1, -0.05) is 54.6 Å². The van der Waals surface area contributed by atoms with Crippen molar-refractivity contribution in [3.63, 3.8) is 0 Å². The molecular formula is C19H19NO3. The number of benzene rings is 2. The third-order valence-electron chi connectivity index (χ3n) is 4.30. The summed E-state index contributed by atoms with van der Waals surface area (Å²) in [6.07, 6.45) is 0.655. The van der Waals surface area contributed by atoms with Gasteiger partial charge in [-0.05, 0) is 17.5 Å². The average molecular weight is 309 g/mol. The van der Waals surface area contributed by atoms with Gasteiger partial charge in [-0.3, -0.25) is 4.79 Å². The predicted octanol–water partition coefficient (Wildman–Crippen LogP) is 3.63. The van der Waals surface area contributed by atoms with Gasteiger partial charge in [-0.15, -0.1) is 0 Å². The van der Waals surface area contributed by atoms with Crippen LogP contribution in [-0.2, 0) is 11.2 Å². The van der Waals surface area contributed by atoms with Gasteiger partial charge in [-0.25, -0.2) is 4.79 Å². The van der Waals surface area contributed by atoms with Crippen molar-refractivity contribution in [1.82, 2.24) is 4.90 Å². The molecule has 1 aliphatic heterocycles. The summed E-state index contributed by atoms with van der Waals surface area (Å²) in [5.74, 6) is 0.0289. The van der Waals surface area contributed by atoms with Gasteiger partial charge in [-0.2, -0.15) is 0 Å². The number of hydrogen-bond acceptors (Lipinski definition) is 3. The lowest BCUT2D eigenvalue weighted by atomic mass is 9.89. The molecule has 3 rings (SSSR count). The third kappa shape index (κ3) is 3.11. The number of carbonyl (C=O) groups excluding carboxylic acids is 2. The molecule has 0 saturated carbocycles. The molecule has 2 aromatic carbocycles. The summed E-state index contributed by atoms with van der Waals surface area (Å²) in [7, 11) is 1.37. The van der Waals surface area contributed by atoms with E-state index in [1.54, 1.807) is 17.0 Å². The van der Waals surface area contributed by atoms with Crippen LogP contribution in [0.5, 0.6) is 0 Å². The minimum Gasteiger partial charge on any atom is -0.453 e. The Balaban J connectivity index is 1.91. The molecule has 1 amide bonds. The summed E-state index contributed by atoms with van der Waals surface area (Å²) in [6.45, 7) is 0.566. The Labute approximate surface area is 135 Å². The van der Waals surface area contributed by atoms with Crippen molar-refractivity contribution in [1.29, 1.82) is 0 Å². The molecule has 2 aromatic rings. The van der Waals surface area contributed by atoms with E-state index in [2.05, 4.69) is 6.07 Å². The maximum absolute atomic E-state index is 12.6. The van der Waals surface area contributed by atoms with Crippen molar-refractivity contribution < 1.29 is 14.3 Å². The summed E-state index contributed by atoms with van der Waals surface area (Å²) in [4.78, 5) is 26.4. The molecule has 0 saturated heterocycles. The SMILES string of the molecule is COC(=O)N1CCc2ccccc2C1CC(=O)c1ccccc1. The van der Waals surface area contributed by atoms with Crippen LogP contribution in [0.15, 0.2) is 54.6 Å². The molecule has 4 nitrogen and oxygen atoms in total. The number of hydrogen-bond donors (Lipinski definition) is 0. The minimum atomic E-state index is -0.384. The Hall–Kier alpha value is -2.62. The molecule has 23 heavy (non-hydrogen) atoms. The Morgan fingerprint density at radius 3 is 2.52 bits per heavy atom. The van der Waals surface area contributed by atoms with Crippen molar-refractivity contribution in [3.8, 4) is 0 Å². The summed E-state index contributed by atoms with van der Waals surface area (Å²) in [5, 5.41) is 0. The fraction of sp³-hybridized carbons (Fsp3) is 0.263. The first kappa shape index (κ1) is 15.3. The maximum Gasteiger partial charge on any atom is 0.410 e. The molecule has 0 fully saturated rings. The second kappa shape index (κ2) is 6.65. The molecule has 1 unspecified atom stereocenters. The van der Waals surface area contributed by atoms with Crippen LogP contribution in [0.2, 0.25) is 0 Å². The molecule has 118 valence electrons. The Morgan fingerprint density at radius 2 is 1.78 bits per heavy atom. The molecule has 1 heterocycles. The molecule has 0 aliphatic carbocycles. The first-order valence-electron chi connectivity index (χ1n) is 7.71. The van der Waals surface area contributed by atoms with Crippen LogP contribution in [0, 0.1) is 0 Å². The van der Waals surface area contributed by atoms with Crippen LogP contribution < -0.4 is 0 Å². The quantitative estimate of drug-likeness (QED) is 0.813. The molecule has 0 radical (unpaired) electrons. The molecule has 0 spiro atoms. The van der Waals surface area contributed by atoms with Gasteiger partial charge in [0.15, 0.2) is 5.78 Å². The predicted molar refractivity (Wildman–Crippen MR) is 87.4 cm³/mol. The lowest BCUT2D eigenvalue weighted by Gasteiger charge is -2.36. The van der Waals surface area contributed by atoms with Crippen molar-refractivity contribution in [2.75, 3.05) is 13.7 Å². The number of amides is 1. The minimum absolute atomic E-state index is 0.0289. The second-order valence-electron chi connectivity index (χ2n) is 5.62. The fourth-order valence-corrected chi connectivity index (χ4v) is 3.13. The van der Waals surface area contributed by atoms with Crippen LogP contribution in [0.4, 0.5) is 4.79 Å². The monoisotopic (exact) mass is 309 g/mol. The highest BCUT2D eigenvalue weighted by atomic mass is 16.5. The Morgan fingerprint density at radius 1 is 1.09 bits per heavy atom. The topological polar surface area (TPSA) is 46.6 Å². The maximum atomic E-state index is 12.6. The van der Waals surface area contributed by atoms with E-state index in [1.165, 1.54) is 12.7 Å². The van der Waals surface area contributed by atoms with Crippen LogP contribution in [0.25, 0.3) is 0 Å². The average Bonchev–Trinajstić information content (AvgIpc) is 2.62. The number of nitrogens with zero attached hydrogens (tertiary/aromatic N) is 1. The second-order valence-corrected chi connectivity index (χ2v) is 5.62. The molecular weight excluding hydrogens is 290 g/mol. The van der Waals surface area contributed by atoms with Crippen LogP contribution >= 0.6 is 0 Å². The van der Waals surface area contributed by atoms with Crippen molar-refractivity contribution in [3.05, 3.63) is 71.3 Å². The van der Waals surface area contributed by atoms with E-state index >= 15 is 0 Å². The molecule has 1 aliphatic rings. The number of carbonyl (C=O) groups is 2. The number of fused-ring (bicyclic) bond motifs is 1. The van der Waals surface area contributed by atoms with E-state index in [1.807, 2.05) is 36.4 Å². The third-order valence-corrected chi connectivity index (χ3v) is 4.30. The number of ether oxygens (including phenoxy) is 1. The number of rotatable bonds is 3. The van der Waals surface area contributed by atoms with E-state index in [-0.39, 0.29) is 24.3 Å². The first-order valence-corrected chi connectivity index (χ1v) is 7.71. The van der Waals surface area contributed by atoms with E-state index in [4.69, 9.17) is 4.74 Å². The van der Waals surface area contributed by atoms with Gasteiger partial charge in [0.25, 0.3) is 0 Å².